The molecule has 114 valence electrons. The van der Waals surface area contributed by atoms with Gasteiger partial charge in [-0.25, -0.2) is 15.0 Å². The molecule has 1 aliphatic heterocycles. The van der Waals surface area contributed by atoms with E-state index >= 15 is 0 Å². The summed E-state index contributed by atoms with van der Waals surface area (Å²) in [4.78, 5) is 41.2. The maximum Gasteiger partial charge on any atom is 0.261 e. The summed E-state index contributed by atoms with van der Waals surface area (Å²) in [6, 6.07) is 6.89. The zero-order valence-electron chi connectivity index (χ0n) is 11.9. The van der Waals surface area contributed by atoms with Gasteiger partial charge in [0.2, 0.25) is 0 Å². The van der Waals surface area contributed by atoms with Gasteiger partial charge >= 0.3 is 0 Å². The van der Waals surface area contributed by atoms with Gasteiger partial charge < -0.3 is 4.98 Å². The van der Waals surface area contributed by atoms with Crippen molar-refractivity contribution in [2.75, 3.05) is 12.3 Å². The van der Waals surface area contributed by atoms with Crippen LogP contribution in [0.5, 0.6) is 0 Å². The zero-order chi connectivity index (χ0) is 15.8. The average molecular weight is 325 g/mol. The molecule has 0 unspecified atom stereocenters. The van der Waals surface area contributed by atoms with Gasteiger partial charge in [-0.15, -0.1) is 11.8 Å². The van der Waals surface area contributed by atoms with E-state index < -0.39 is 0 Å². The van der Waals surface area contributed by atoms with E-state index in [0.29, 0.717) is 29.1 Å². The summed E-state index contributed by atoms with van der Waals surface area (Å²) in [7, 11) is 0. The highest BCUT2D eigenvalue weighted by molar-refractivity contribution is 7.99. The molecule has 3 aromatic rings. The van der Waals surface area contributed by atoms with Crippen molar-refractivity contribution < 1.29 is 9.59 Å². The molecule has 7 nitrogen and oxygen atoms in total. The number of aromatic amines is 1. The predicted octanol–water partition coefficient (Wildman–Crippen LogP) is 1.74. The van der Waals surface area contributed by atoms with E-state index in [1.165, 1.54) is 23.0 Å². The SMILES string of the molecule is O=C1c2ccccc2C(=O)N1CCSc1ncnc2nc[nH]c12. The smallest absolute Gasteiger partial charge is 0.261 e. The number of H-pyrrole nitrogens is 1. The fourth-order valence-corrected chi connectivity index (χ4v) is 3.41. The number of imidazole rings is 1. The molecule has 8 heteroatoms. The maximum absolute atomic E-state index is 12.3. The van der Waals surface area contributed by atoms with E-state index in [4.69, 9.17) is 0 Å². The number of carbonyl (C=O) groups is 2. The van der Waals surface area contributed by atoms with Gasteiger partial charge in [0.15, 0.2) is 5.65 Å². The van der Waals surface area contributed by atoms with Crippen LogP contribution in [-0.2, 0) is 0 Å². The van der Waals surface area contributed by atoms with Crippen molar-refractivity contribution >= 4 is 34.7 Å². The molecule has 0 radical (unpaired) electrons. The van der Waals surface area contributed by atoms with Crippen LogP contribution in [0.3, 0.4) is 0 Å². The number of nitrogens with one attached hydrogen (secondary N) is 1. The second-order valence-electron chi connectivity index (χ2n) is 4.94. The molecule has 2 amide bonds. The van der Waals surface area contributed by atoms with Crippen molar-refractivity contribution in [2.24, 2.45) is 0 Å². The third-order valence-corrected chi connectivity index (χ3v) is 4.59. The van der Waals surface area contributed by atoms with Crippen molar-refractivity contribution in [3.05, 3.63) is 48.0 Å². The van der Waals surface area contributed by atoms with Gasteiger partial charge in [0.25, 0.3) is 11.8 Å². The van der Waals surface area contributed by atoms with Crippen molar-refractivity contribution in [3.63, 3.8) is 0 Å². The Morgan fingerprint density at radius 2 is 1.78 bits per heavy atom. The van der Waals surface area contributed by atoms with E-state index in [1.807, 2.05) is 0 Å². The minimum absolute atomic E-state index is 0.236. The number of aromatic nitrogens is 4. The van der Waals surface area contributed by atoms with Crippen LogP contribution in [0.1, 0.15) is 20.7 Å². The number of benzene rings is 1. The quantitative estimate of drug-likeness (QED) is 0.446. The first-order valence-electron chi connectivity index (χ1n) is 6.98. The Morgan fingerprint density at radius 3 is 2.52 bits per heavy atom. The van der Waals surface area contributed by atoms with Gasteiger partial charge in [0.05, 0.1) is 17.5 Å². The van der Waals surface area contributed by atoms with Crippen LogP contribution in [0.2, 0.25) is 0 Å². The lowest BCUT2D eigenvalue weighted by Crippen LogP contribution is -2.31. The lowest BCUT2D eigenvalue weighted by atomic mass is 10.1. The molecule has 1 aromatic carbocycles. The molecule has 3 heterocycles. The molecule has 0 aliphatic carbocycles. The highest BCUT2D eigenvalue weighted by atomic mass is 32.2. The number of imide groups is 1. The standard InChI is InChI=1S/C15H11N5O2S/c21-14-9-3-1-2-4-10(9)15(22)20(14)5-6-23-13-11-12(17-7-16-11)18-8-19-13/h1-4,7-8H,5-6H2,(H,16,17,18,19). The largest absolute Gasteiger partial charge is 0.341 e. The Morgan fingerprint density at radius 1 is 1.04 bits per heavy atom. The minimum Gasteiger partial charge on any atom is -0.341 e. The number of carbonyl (C=O) groups excluding carboxylic acids is 2. The fraction of sp³-hybridized carbons (Fsp3) is 0.133. The van der Waals surface area contributed by atoms with Crippen molar-refractivity contribution in [1.29, 1.82) is 0 Å². The third-order valence-electron chi connectivity index (χ3n) is 3.62. The molecule has 2 aromatic heterocycles. The van der Waals surface area contributed by atoms with Crippen LogP contribution in [0.15, 0.2) is 41.9 Å². The monoisotopic (exact) mass is 325 g/mol. The molecule has 1 N–H and O–H groups in total. The molecular formula is C15H11N5O2S. The third kappa shape index (κ3) is 2.27. The van der Waals surface area contributed by atoms with E-state index in [9.17, 15) is 9.59 Å². The number of amides is 2. The summed E-state index contributed by atoms with van der Waals surface area (Å²) in [5, 5.41) is 0.754. The molecular weight excluding hydrogens is 314 g/mol. The lowest BCUT2D eigenvalue weighted by molar-refractivity contribution is 0.0664. The molecule has 23 heavy (non-hydrogen) atoms. The summed E-state index contributed by atoms with van der Waals surface area (Å²) in [5.74, 6) is 0.0810. The van der Waals surface area contributed by atoms with Crippen LogP contribution >= 0.6 is 11.8 Å². The van der Waals surface area contributed by atoms with E-state index in [1.54, 1.807) is 30.6 Å². The predicted molar refractivity (Wildman–Crippen MR) is 84.2 cm³/mol. The minimum atomic E-state index is -0.236. The topological polar surface area (TPSA) is 91.8 Å². The first-order chi connectivity index (χ1) is 11.3. The lowest BCUT2D eigenvalue weighted by Gasteiger charge is -2.13. The molecule has 4 rings (SSSR count). The van der Waals surface area contributed by atoms with Crippen LogP contribution in [-0.4, -0.2) is 48.9 Å². The second-order valence-corrected chi connectivity index (χ2v) is 6.02. The second kappa shape index (κ2) is 5.47. The Bertz CT molecular complexity index is 888. The highest BCUT2D eigenvalue weighted by Crippen LogP contribution is 2.25. The number of fused-ring (bicyclic) bond motifs is 2. The molecule has 1 aliphatic rings. The van der Waals surface area contributed by atoms with Crippen molar-refractivity contribution in [3.8, 4) is 0 Å². The van der Waals surface area contributed by atoms with Gasteiger partial charge in [-0.3, -0.25) is 14.5 Å². The molecule has 0 bridgehead atoms. The highest BCUT2D eigenvalue weighted by Gasteiger charge is 2.34. The van der Waals surface area contributed by atoms with Crippen LogP contribution in [0.4, 0.5) is 0 Å². The number of nitrogens with zero attached hydrogens (tertiary/aromatic N) is 4. The number of hydrogen-bond acceptors (Lipinski definition) is 6. The van der Waals surface area contributed by atoms with Crippen molar-refractivity contribution in [2.45, 2.75) is 5.03 Å². The fourth-order valence-electron chi connectivity index (χ4n) is 2.53. The van der Waals surface area contributed by atoms with Crippen LogP contribution < -0.4 is 0 Å². The number of hydrogen-bond donors (Lipinski definition) is 1. The first kappa shape index (κ1) is 13.9. The molecule has 0 saturated heterocycles. The normalized spacial score (nSPS) is 13.8. The number of thioether (sulfide) groups is 1. The maximum atomic E-state index is 12.3. The number of rotatable bonds is 4. The van der Waals surface area contributed by atoms with Gasteiger partial charge in [-0.2, -0.15) is 0 Å². The summed E-state index contributed by atoms with van der Waals surface area (Å²) >= 11 is 1.46. The van der Waals surface area contributed by atoms with Crippen LogP contribution in [0, 0.1) is 0 Å². The van der Waals surface area contributed by atoms with Gasteiger partial charge in [-0.1, -0.05) is 12.1 Å². The van der Waals surface area contributed by atoms with E-state index in [0.717, 1.165) is 10.5 Å². The first-order valence-corrected chi connectivity index (χ1v) is 7.96. The summed E-state index contributed by atoms with van der Waals surface area (Å²) in [5.41, 5.74) is 2.31. The molecule has 0 spiro atoms. The average Bonchev–Trinajstić information content (AvgIpc) is 3.15. The van der Waals surface area contributed by atoms with E-state index in [-0.39, 0.29) is 11.8 Å². The van der Waals surface area contributed by atoms with Crippen molar-refractivity contribution in [1.82, 2.24) is 24.8 Å². The summed E-state index contributed by atoms with van der Waals surface area (Å²) in [6.07, 6.45) is 3.01. The Hall–Kier alpha value is -2.74. The molecule has 0 atom stereocenters. The van der Waals surface area contributed by atoms with Gasteiger partial charge in [0.1, 0.15) is 16.9 Å². The Balaban J connectivity index is 1.47. The Labute approximate surface area is 135 Å². The van der Waals surface area contributed by atoms with Gasteiger partial charge in [0, 0.05) is 12.3 Å². The molecule has 0 saturated carbocycles. The van der Waals surface area contributed by atoms with Gasteiger partial charge in [-0.05, 0) is 12.1 Å². The van der Waals surface area contributed by atoms with E-state index in [2.05, 4.69) is 19.9 Å². The Kier molecular flexibility index (Phi) is 3.30. The zero-order valence-corrected chi connectivity index (χ0v) is 12.7. The summed E-state index contributed by atoms with van der Waals surface area (Å²) in [6.45, 7) is 0.330. The van der Waals surface area contributed by atoms with Crippen LogP contribution in [0.25, 0.3) is 11.2 Å². The molecule has 0 fully saturated rings. The summed E-state index contributed by atoms with van der Waals surface area (Å²) < 4.78 is 0.